The predicted molar refractivity (Wildman–Crippen MR) is 124 cm³/mol. The molecule has 0 spiro atoms. The molecule has 4 nitrogen and oxygen atoms in total. The highest BCUT2D eigenvalue weighted by Crippen LogP contribution is 2.34. The summed E-state index contributed by atoms with van der Waals surface area (Å²) in [5.74, 6) is 0.670. The Labute approximate surface area is 180 Å². The van der Waals surface area contributed by atoms with Crippen molar-refractivity contribution in [1.82, 2.24) is 9.55 Å². The second kappa shape index (κ2) is 8.25. The lowest BCUT2D eigenvalue weighted by Gasteiger charge is -2.13. The van der Waals surface area contributed by atoms with E-state index in [0.29, 0.717) is 30.6 Å². The van der Waals surface area contributed by atoms with Gasteiger partial charge in [-0.15, -0.1) is 11.3 Å². The zero-order valence-electron chi connectivity index (χ0n) is 17.4. The van der Waals surface area contributed by atoms with Crippen LogP contribution in [0.15, 0.2) is 52.6 Å². The van der Waals surface area contributed by atoms with Crippen LogP contribution in [-0.2, 0) is 6.54 Å². The van der Waals surface area contributed by atoms with Crippen LogP contribution < -0.4 is 5.56 Å². The number of thiophene rings is 1. The van der Waals surface area contributed by atoms with Crippen molar-refractivity contribution < 1.29 is 0 Å². The van der Waals surface area contributed by atoms with E-state index in [0.717, 1.165) is 32.6 Å². The summed E-state index contributed by atoms with van der Waals surface area (Å²) in [6, 6.07) is 16.5. The van der Waals surface area contributed by atoms with Gasteiger partial charge < -0.3 is 0 Å². The van der Waals surface area contributed by atoms with Crippen molar-refractivity contribution in [3.8, 4) is 28.6 Å². The number of hydrogen-bond donors (Lipinski definition) is 0. The van der Waals surface area contributed by atoms with Crippen molar-refractivity contribution in [1.29, 1.82) is 5.26 Å². The van der Waals surface area contributed by atoms with Crippen molar-refractivity contribution in [2.45, 2.75) is 40.2 Å². The van der Waals surface area contributed by atoms with Gasteiger partial charge in [0.25, 0.3) is 5.56 Å². The molecule has 0 aliphatic carbocycles. The molecule has 0 bridgehead atoms. The lowest BCUT2D eigenvalue weighted by atomic mass is 9.99. The number of unbranched alkanes of at least 4 members (excludes halogenated alkanes) is 1. The quantitative estimate of drug-likeness (QED) is 0.376. The predicted octanol–water partition coefficient (Wildman–Crippen LogP) is 6.02. The number of fused-ring (bicyclic) bond motifs is 1. The average Bonchev–Trinajstić information content (AvgIpc) is 3.13. The van der Waals surface area contributed by atoms with Gasteiger partial charge >= 0.3 is 0 Å². The molecule has 4 rings (SSSR count). The van der Waals surface area contributed by atoms with E-state index in [2.05, 4.69) is 38.1 Å². The van der Waals surface area contributed by atoms with Gasteiger partial charge in [0.15, 0.2) is 0 Å². The first-order valence-electron chi connectivity index (χ1n) is 10.0. The van der Waals surface area contributed by atoms with Crippen LogP contribution >= 0.6 is 11.3 Å². The molecule has 0 atom stereocenters. The Morgan fingerprint density at radius 1 is 1.07 bits per heavy atom. The van der Waals surface area contributed by atoms with Gasteiger partial charge in [0.1, 0.15) is 10.7 Å². The van der Waals surface area contributed by atoms with Gasteiger partial charge in [-0.2, -0.15) is 5.26 Å². The van der Waals surface area contributed by atoms with E-state index in [9.17, 15) is 4.79 Å². The molecule has 0 unspecified atom stereocenters. The summed E-state index contributed by atoms with van der Waals surface area (Å²) in [6.45, 7) is 6.65. The molecule has 30 heavy (non-hydrogen) atoms. The fourth-order valence-electron chi connectivity index (χ4n) is 3.87. The molecule has 0 fully saturated rings. The number of rotatable bonds is 5. The molecule has 0 amide bonds. The fourth-order valence-corrected chi connectivity index (χ4v) is 4.80. The summed E-state index contributed by atoms with van der Waals surface area (Å²) in [4.78, 5) is 19.4. The Balaban J connectivity index is 1.97. The highest BCUT2D eigenvalue weighted by Gasteiger charge is 2.19. The van der Waals surface area contributed by atoms with Gasteiger partial charge in [0.05, 0.1) is 11.5 Å². The van der Waals surface area contributed by atoms with Crippen LogP contribution in [0.1, 0.15) is 29.5 Å². The Hall–Kier alpha value is -3.23. The van der Waals surface area contributed by atoms with Crippen molar-refractivity contribution in [2.75, 3.05) is 0 Å². The highest BCUT2D eigenvalue weighted by molar-refractivity contribution is 7.17. The summed E-state index contributed by atoms with van der Waals surface area (Å²) < 4.78 is 1.74. The highest BCUT2D eigenvalue weighted by atomic mass is 32.1. The third-order valence-electron chi connectivity index (χ3n) is 5.31. The van der Waals surface area contributed by atoms with E-state index in [1.807, 2.05) is 36.6 Å². The zero-order valence-corrected chi connectivity index (χ0v) is 18.2. The van der Waals surface area contributed by atoms with Gasteiger partial charge in [-0.05, 0) is 44.4 Å². The number of aryl methyl sites for hydroxylation is 3. The van der Waals surface area contributed by atoms with Crippen molar-refractivity contribution in [2.24, 2.45) is 0 Å². The lowest BCUT2D eigenvalue weighted by Crippen LogP contribution is -2.23. The maximum absolute atomic E-state index is 13.7. The Morgan fingerprint density at radius 2 is 1.87 bits per heavy atom. The summed E-state index contributed by atoms with van der Waals surface area (Å²) in [6.07, 6.45) is 1.02. The van der Waals surface area contributed by atoms with Crippen LogP contribution in [0.2, 0.25) is 0 Å². The monoisotopic (exact) mass is 413 g/mol. The SMILES string of the molecule is Cc1cccc(-c2nc3scc(-c4ccc(C)cc4C)c3c(=O)n2CCCC#N)c1. The fraction of sp³-hybridized carbons (Fsp3) is 0.240. The molecule has 0 aliphatic heterocycles. The average molecular weight is 414 g/mol. The first-order valence-corrected chi connectivity index (χ1v) is 10.9. The standard InChI is InChI=1S/C25H23N3OS/c1-16-7-6-8-19(14-16)23-27-24-22(25(29)28(23)12-5-4-11-26)21(15-30-24)20-10-9-17(2)13-18(20)3/h6-10,13-15H,4-5,12H2,1-3H3. The minimum Gasteiger partial charge on any atom is -0.292 e. The van der Waals surface area contributed by atoms with Crippen LogP contribution in [0, 0.1) is 32.1 Å². The number of aromatic nitrogens is 2. The molecule has 5 heteroatoms. The van der Waals surface area contributed by atoms with Gasteiger partial charge in [0.2, 0.25) is 0 Å². The van der Waals surface area contributed by atoms with E-state index in [1.54, 1.807) is 4.57 Å². The number of benzene rings is 2. The first kappa shape index (κ1) is 20.1. The molecule has 2 aromatic carbocycles. The minimum absolute atomic E-state index is 0.0364. The second-order valence-corrected chi connectivity index (χ2v) is 8.53. The molecule has 0 radical (unpaired) electrons. The lowest BCUT2D eigenvalue weighted by molar-refractivity contribution is 0.634. The Kier molecular flexibility index (Phi) is 5.52. The minimum atomic E-state index is -0.0364. The first-order chi connectivity index (χ1) is 14.5. The molecular formula is C25H23N3OS. The van der Waals surface area contributed by atoms with Crippen LogP contribution in [0.4, 0.5) is 0 Å². The second-order valence-electron chi connectivity index (χ2n) is 7.67. The van der Waals surface area contributed by atoms with Crippen LogP contribution in [-0.4, -0.2) is 9.55 Å². The summed E-state index contributed by atoms with van der Waals surface area (Å²) in [5, 5.41) is 11.7. The molecule has 2 aromatic heterocycles. The van der Waals surface area contributed by atoms with E-state index in [1.165, 1.54) is 16.9 Å². The molecule has 150 valence electrons. The van der Waals surface area contributed by atoms with E-state index in [-0.39, 0.29) is 5.56 Å². The number of nitrogens with zero attached hydrogens (tertiary/aromatic N) is 3. The number of hydrogen-bond acceptors (Lipinski definition) is 4. The topological polar surface area (TPSA) is 58.7 Å². The molecule has 0 saturated heterocycles. The molecular weight excluding hydrogens is 390 g/mol. The molecule has 2 heterocycles. The summed E-state index contributed by atoms with van der Waals surface area (Å²) in [5.41, 5.74) is 6.36. The van der Waals surface area contributed by atoms with Gasteiger partial charge in [-0.25, -0.2) is 4.98 Å². The van der Waals surface area contributed by atoms with E-state index in [4.69, 9.17) is 10.2 Å². The van der Waals surface area contributed by atoms with Crippen LogP contribution in [0.3, 0.4) is 0 Å². The van der Waals surface area contributed by atoms with Gasteiger partial charge in [0, 0.05) is 29.5 Å². The third kappa shape index (κ3) is 3.67. The van der Waals surface area contributed by atoms with Crippen molar-refractivity contribution >= 4 is 21.6 Å². The molecule has 0 saturated carbocycles. The zero-order chi connectivity index (χ0) is 21.3. The van der Waals surface area contributed by atoms with Crippen molar-refractivity contribution in [3.63, 3.8) is 0 Å². The van der Waals surface area contributed by atoms with Gasteiger partial charge in [-0.3, -0.25) is 9.36 Å². The molecule has 0 aliphatic rings. The van der Waals surface area contributed by atoms with Crippen molar-refractivity contribution in [3.05, 3.63) is 74.9 Å². The maximum atomic E-state index is 13.7. The number of nitriles is 1. The maximum Gasteiger partial charge on any atom is 0.263 e. The summed E-state index contributed by atoms with van der Waals surface area (Å²) in [7, 11) is 0. The van der Waals surface area contributed by atoms with Crippen LogP contribution in [0.5, 0.6) is 0 Å². The van der Waals surface area contributed by atoms with E-state index >= 15 is 0 Å². The molecule has 4 aromatic rings. The Morgan fingerprint density at radius 3 is 2.60 bits per heavy atom. The third-order valence-corrected chi connectivity index (χ3v) is 6.18. The largest absolute Gasteiger partial charge is 0.292 e. The smallest absolute Gasteiger partial charge is 0.263 e. The van der Waals surface area contributed by atoms with Gasteiger partial charge in [-0.1, -0.05) is 47.5 Å². The normalized spacial score (nSPS) is 11.0. The molecule has 0 N–H and O–H groups in total. The Bertz CT molecular complexity index is 1340. The van der Waals surface area contributed by atoms with E-state index < -0.39 is 0 Å². The van der Waals surface area contributed by atoms with Crippen LogP contribution in [0.25, 0.3) is 32.7 Å². The summed E-state index contributed by atoms with van der Waals surface area (Å²) >= 11 is 1.51.